The van der Waals surface area contributed by atoms with Crippen molar-refractivity contribution in [2.45, 2.75) is 52.4 Å². The summed E-state index contributed by atoms with van der Waals surface area (Å²) >= 11 is 3.83. The van der Waals surface area contributed by atoms with Crippen LogP contribution in [-0.4, -0.2) is 74.1 Å². The summed E-state index contributed by atoms with van der Waals surface area (Å²) in [6.07, 6.45) is 7.61. The second kappa shape index (κ2) is 21.7. The highest BCUT2D eigenvalue weighted by Crippen LogP contribution is 2.26. The third-order valence-corrected chi connectivity index (χ3v) is 5.59. The van der Waals surface area contributed by atoms with Crippen molar-refractivity contribution in [3.63, 3.8) is 0 Å². The maximum atomic E-state index is 10.4. The first-order valence-electron chi connectivity index (χ1n) is 11.8. The molecule has 1 saturated heterocycles. The minimum atomic E-state index is -0.631. The van der Waals surface area contributed by atoms with Crippen molar-refractivity contribution in [2.24, 2.45) is 11.0 Å². The van der Waals surface area contributed by atoms with Crippen molar-refractivity contribution >= 4 is 42.7 Å². The van der Waals surface area contributed by atoms with Crippen LogP contribution in [0, 0.1) is 11.3 Å². The van der Waals surface area contributed by atoms with Gasteiger partial charge in [0.05, 0.1) is 11.6 Å². The van der Waals surface area contributed by atoms with E-state index >= 15 is 0 Å². The molecule has 0 saturated carbocycles. The molecular formula is C26H45N5O3S. The van der Waals surface area contributed by atoms with Gasteiger partial charge < -0.3 is 31.3 Å². The summed E-state index contributed by atoms with van der Waals surface area (Å²) in [6, 6.07) is 6.50. The van der Waals surface area contributed by atoms with Crippen LogP contribution in [0.15, 0.2) is 29.1 Å². The van der Waals surface area contributed by atoms with Gasteiger partial charge in [-0.15, -0.1) is 0 Å². The number of carbonyl (C=O) groups is 1. The molecule has 0 radical (unpaired) electrons. The van der Waals surface area contributed by atoms with Crippen molar-refractivity contribution < 1.29 is 15.0 Å². The summed E-state index contributed by atoms with van der Waals surface area (Å²) in [4.78, 5) is 12.6. The molecule has 1 aromatic carbocycles. The third-order valence-electron chi connectivity index (χ3n) is 5.59. The van der Waals surface area contributed by atoms with Gasteiger partial charge in [-0.1, -0.05) is 31.3 Å². The number of likely N-dealkylation sites (tertiary alicyclic amines) is 1. The molecule has 3 rings (SSSR count). The van der Waals surface area contributed by atoms with Crippen molar-refractivity contribution in [1.29, 1.82) is 5.41 Å². The molecule has 0 unspecified atom stereocenters. The Morgan fingerprint density at radius 3 is 2.20 bits per heavy atom. The minimum absolute atomic E-state index is 0.0869. The topological polar surface area (TPSA) is 121 Å². The molecule has 0 amide bonds. The highest BCUT2D eigenvalue weighted by atomic mass is 32.1. The third kappa shape index (κ3) is 13.6. The molecule has 8 nitrogen and oxygen atoms in total. The van der Waals surface area contributed by atoms with E-state index in [1.54, 1.807) is 13.3 Å². The predicted molar refractivity (Wildman–Crippen MR) is 153 cm³/mol. The molecule has 0 bridgehead atoms. The van der Waals surface area contributed by atoms with E-state index in [-0.39, 0.29) is 5.92 Å². The van der Waals surface area contributed by atoms with E-state index in [9.17, 15) is 9.90 Å². The van der Waals surface area contributed by atoms with Gasteiger partial charge >= 0.3 is 5.97 Å². The molecule has 1 heterocycles. The molecule has 0 spiro atoms. The van der Waals surface area contributed by atoms with Gasteiger partial charge in [0.25, 0.3) is 0 Å². The van der Waals surface area contributed by atoms with E-state index in [4.69, 9.17) is 10.5 Å². The van der Waals surface area contributed by atoms with Crippen LogP contribution in [0.3, 0.4) is 0 Å². The summed E-state index contributed by atoms with van der Waals surface area (Å²) < 4.78 is 0. The zero-order valence-corrected chi connectivity index (χ0v) is 22.9. The molecule has 2 aliphatic rings. The molecule has 1 aliphatic carbocycles. The number of fused-ring (bicyclic) bond motifs is 1. The number of rotatable bonds is 5. The van der Waals surface area contributed by atoms with Crippen LogP contribution in [0.25, 0.3) is 5.70 Å². The molecule has 1 aliphatic heterocycles. The maximum Gasteiger partial charge on any atom is 0.306 e. The maximum absolute atomic E-state index is 10.4. The van der Waals surface area contributed by atoms with E-state index < -0.39 is 5.97 Å². The fourth-order valence-electron chi connectivity index (χ4n) is 3.74. The van der Waals surface area contributed by atoms with Crippen molar-refractivity contribution in [1.82, 2.24) is 15.6 Å². The first kappa shape index (κ1) is 34.4. The van der Waals surface area contributed by atoms with Crippen LogP contribution in [0.5, 0.6) is 0 Å². The molecule has 0 aromatic heterocycles. The first-order valence-corrected chi connectivity index (χ1v) is 12.4. The summed E-state index contributed by atoms with van der Waals surface area (Å²) in [7, 11) is 5.65. The number of aliphatic hydroxyl groups is 1. The average molecular weight is 508 g/mol. The Hall–Kier alpha value is -2.78. The number of allylic oxidation sites excluding steroid dienone is 1. The second-order valence-corrected chi connectivity index (χ2v) is 7.79. The summed E-state index contributed by atoms with van der Waals surface area (Å²) in [6.45, 7) is 8.17. The first-order chi connectivity index (χ1) is 16.9. The quantitative estimate of drug-likeness (QED) is 0.172. The fourth-order valence-corrected chi connectivity index (χ4v) is 3.74. The van der Waals surface area contributed by atoms with Gasteiger partial charge in [0, 0.05) is 32.3 Å². The Morgan fingerprint density at radius 1 is 1.20 bits per heavy atom. The summed E-state index contributed by atoms with van der Waals surface area (Å²) in [5.74, 6) is 2.55. The number of nitrogens with zero attached hydrogens (tertiary/aromatic N) is 2. The van der Waals surface area contributed by atoms with Gasteiger partial charge in [-0.3, -0.25) is 4.79 Å². The van der Waals surface area contributed by atoms with Crippen LogP contribution in [0.4, 0.5) is 0 Å². The smallest absolute Gasteiger partial charge is 0.306 e. The molecule has 9 heteroatoms. The number of benzene rings is 1. The number of nitrogens with one attached hydrogen (secondary N) is 3. The number of hydrogen-bond acceptors (Lipinski definition) is 8. The van der Waals surface area contributed by atoms with Gasteiger partial charge in [0.15, 0.2) is 0 Å². The van der Waals surface area contributed by atoms with Gasteiger partial charge in [-0.2, -0.15) is 5.10 Å². The Kier molecular flexibility index (Phi) is 21.4. The molecule has 1 aromatic rings. The monoisotopic (exact) mass is 507 g/mol. The molecule has 5 N–H and O–H groups in total. The van der Waals surface area contributed by atoms with Crippen molar-refractivity contribution in [3.05, 3.63) is 40.6 Å². The Bertz CT molecular complexity index is 776. The van der Waals surface area contributed by atoms with E-state index in [2.05, 4.69) is 63.7 Å². The lowest BCUT2D eigenvalue weighted by molar-refractivity contribution is -0.143. The Labute approximate surface area is 217 Å². The lowest BCUT2D eigenvalue weighted by Crippen LogP contribution is -2.33. The van der Waals surface area contributed by atoms with Crippen LogP contribution >= 0.6 is 12.2 Å². The van der Waals surface area contributed by atoms with Gasteiger partial charge in [0.1, 0.15) is 5.76 Å². The molecular weight excluding hydrogens is 462 g/mol. The standard InChI is InChI=1S/C14H19NO.C7H13NO2.C3H8N2.CH3N.CH2S/c1-3-13(16)14(15-2)12-8-7-10-5-4-6-11(10)9-12;1-8-4-2-6(3-5-8)7(9)10;1-3-5-4-2;2*1-2/h7-9,15-16H,3-6H2,1-2H3;6H,2-5H2,1H3,(H,9,10);3-4H,1-2H3;2H,1H2;1H2/b14-13+;;5-3-;;. The Balaban J connectivity index is 0. The van der Waals surface area contributed by atoms with Crippen LogP contribution in [0.2, 0.25) is 0 Å². The summed E-state index contributed by atoms with van der Waals surface area (Å²) in [5, 5.41) is 30.6. The number of aryl methyl sites for hydroxylation is 2. The van der Waals surface area contributed by atoms with Crippen LogP contribution < -0.4 is 10.7 Å². The van der Waals surface area contributed by atoms with Crippen molar-refractivity contribution in [3.8, 4) is 0 Å². The number of piperidine rings is 1. The minimum Gasteiger partial charge on any atom is -0.510 e. The highest BCUT2D eigenvalue weighted by Gasteiger charge is 2.22. The van der Waals surface area contributed by atoms with Gasteiger partial charge in [0.2, 0.25) is 0 Å². The number of aliphatic carboxylic acids is 1. The predicted octanol–water partition coefficient (Wildman–Crippen LogP) is 4.54. The molecule has 35 heavy (non-hydrogen) atoms. The zero-order chi connectivity index (χ0) is 27.2. The molecule has 198 valence electrons. The second-order valence-electron chi connectivity index (χ2n) is 7.79. The number of hydrazone groups is 1. The summed E-state index contributed by atoms with van der Waals surface area (Å²) in [5.41, 5.74) is 7.45. The number of hydrogen-bond donors (Lipinski definition) is 5. The molecule has 1 fully saturated rings. The van der Waals surface area contributed by atoms with Gasteiger partial charge in [-0.25, -0.2) is 0 Å². The van der Waals surface area contributed by atoms with Crippen LogP contribution in [-0.2, 0) is 17.6 Å². The van der Waals surface area contributed by atoms with E-state index in [1.807, 2.05) is 27.9 Å². The van der Waals surface area contributed by atoms with E-state index in [0.717, 1.165) is 37.2 Å². The lowest BCUT2D eigenvalue weighted by Gasteiger charge is -2.25. The Morgan fingerprint density at radius 2 is 1.77 bits per heavy atom. The zero-order valence-electron chi connectivity index (χ0n) is 22.1. The van der Waals surface area contributed by atoms with Gasteiger partial charge in [-0.05, 0) is 88.9 Å². The van der Waals surface area contributed by atoms with E-state index in [0.29, 0.717) is 12.2 Å². The molecule has 0 atom stereocenters. The number of thiocarbonyl (C=S) groups is 1. The van der Waals surface area contributed by atoms with E-state index in [1.165, 1.54) is 30.4 Å². The number of aliphatic hydroxyl groups excluding tert-OH is 1. The SMILES string of the molecule is C/C=N\NC.C=N.C=S.CC/C(O)=C(\NC)c1ccc2c(c1)CCC2.CN1CCC(C(=O)O)CC1. The average Bonchev–Trinajstić information content (AvgIpc) is 3.36. The number of carboxylic acids is 1. The van der Waals surface area contributed by atoms with Crippen LogP contribution in [0.1, 0.15) is 56.2 Å². The number of carboxylic acid groups (broad SMARTS) is 1. The highest BCUT2D eigenvalue weighted by molar-refractivity contribution is 7.77. The normalized spacial score (nSPS) is 15.2. The fraction of sp³-hybridized carbons (Fsp3) is 0.538. The lowest BCUT2D eigenvalue weighted by atomic mass is 9.98. The van der Waals surface area contributed by atoms with Crippen molar-refractivity contribution in [2.75, 3.05) is 34.2 Å². The largest absolute Gasteiger partial charge is 0.510 e.